The summed E-state index contributed by atoms with van der Waals surface area (Å²) in [4.78, 5) is 4.42. The first-order valence-electron chi connectivity index (χ1n) is 8.38. The second-order valence-electron chi connectivity index (χ2n) is 5.58. The molecule has 0 aliphatic rings. The molecule has 0 aliphatic heterocycles. The lowest BCUT2D eigenvalue weighted by molar-refractivity contribution is 0.277. The van der Waals surface area contributed by atoms with Crippen LogP contribution in [0.1, 0.15) is 37.4 Å². The summed E-state index contributed by atoms with van der Waals surface area (Å²) < 4.78 is 11.5. The number of nitrogens with zero attached hydrogens (tertiary/aromatic N) is 1. The number of hydrogen-bond donors (Lipinski definition) is 1. The number of hydrogen-bond acceptors (Lipinski definition) is 4. The first kappa shape index (κ1) is 18.6. The molecule has 1 atom stereocenters. The van der Waals surface area contributed by atoms with Gasteiger partial charge in [-0.3, -0.25) is 4.98 Å². The monoisotopic (exact) mass is 348 g/mol. The fraction of sp³-hybridized carbons (Fsp3) is 0.421. The largest absolute Gasteiger partial charge is 0.490 e. The highest BCUT2D eigenvalue weighted by Crippen LogP contribution is 2.37. The summed E-state index contributed by atoms with van der Waals surface area (Å²) in [7, 11) is 0. The Morgan fingerprint density at radius 1 is 1.21 bits per heavy atom. The van der Waals surface area contributed by atoms with E-state index in [2.05, 4.69) is 11.9 Å². The van der Waals surface area contributed by atoms with Crippen LogP contribution in [0.25, 0.3) is 0 Å². The summed E-state index contributed by atoms with van der Waals surface area (Å²) in [6.45, 7) is 5.69. The average Bonchev–Trinajstić information content (AvgIpc) is 2.60. The first-order valence-corrected chi connectivity index (χ1v) is 8.76. The van der Waals surface area contributed by atoms with E-state index < -0.39 is 0 Å². The van der Waals surface area contributed by atoms with Gasteiger partial charge < -0.3 is 15.2 Å². The summed E-state index contributed by atoms with van der Waals surface area (Å²) >= 11 is 6.43. The van der Waals surface area contributed by atoms with Gasteiger partial charge in [0.05, 0.1) is 18.2 Å². The molecule has 2 aromatic rings. The highest BCUT2D eigenvalue weighted by atomic mass is 35.5. The molecule has 0 saturated carbocycles. The Bertz CT molecular complexity index is 635. The summed E-state index contributed by atoms with van der Waals surface area (Å²) in [5, 5.41) is 0.571. The number of aromatic nitrogens is 1. The molecule has 1 heterocycles. The van der Waals surface area contributed by atoms with Crippen LogP contribution in [0.4, 0.5) is 0 Å². The fourth-order valence-electron chi connectivity index (χ4n) is 2.56. The molecular formula is C19H25ClN2O2. The van der Waals surface area contributed by atoms with Gasteiger partial charge in [-0.1, -0.05) is 24.6 Å². The molecule has 0 fully saturated rings. The molecule has 0 saturated heterocycles. The van der Waals surface area contributed by atoms with Crippen molar-refractivity contribution in [3.63, 3.8) is 0 Å². The van der Waals surface area contributed by atoms with E-state index in [0.717, 1.165) is 24.1 Å². The van der Waals surface area contributed by atoms with Gasteiger partial charge in [-0.05, 0) is 49.6 Å². The van der Waals surface area contributed by atoms with Crippen molar-refractivity contribution in [1.82, 2.24) is 4.98 Å². The van der Waals surface area contributed by atoms with E-state index in [1.807, 2.05) is 37.3 Å². The van der Waals surface area contributed by atoms with E-state index in [-0.39, 0.29) is 5.92 Å². The zero-order valence-electron chi connectivity index (χ0n) is 14.3. The van der Waals surface area contributed by atoms with Crippen molar-refractivity contribution in [1.29, 1.82) is 0 Å². The van der Waals surface area contributed by atoms with E-state index in [0.29, 0.717) is 36.3 Å². The van der Waals surface area contributed by atoms with Gasteiger partial charge in [-0.25, -0.2) is 0 Å². The number of nitrogens with two attached hydrogens (primary N) is 1. The Labute approximate surface area is 148 Å². The lowest BCUT2D eigenvalue weighted by atomic mass is 9.95. The maximum absolute atomic E-state index is 6.43. The Morgan fingerprint density at radius 3 is 2.67 bits per heavy atom. The van der Waals surface area contributed by atoms with Crippen LogP contribution in [0.15, 0.2) is 36.5 Å². The molecule has 0 aliphatic carbocycles. The smallest absolute Gasteiger partial charge is 0.179 e. The van der Waals surface area contributed by atoms with Crippen LogP contribution in [0.3, 0.4) is 0 Å². The minimum absolute atomic E-state index is 0.138. The van der Waals surface area contributed by atoms with Crippen LogP contribution in [-0.2, 0) is 6.42 Å². The molecule has 0 radical (unpaired) electrons. The minimum atomic E-state index is 0.138. The van der Waals surface area contributed by atoms with Gasteiger partial charge in [-0.2, -0.15) is 0 Å². The van der Waals surface area contributed by atoms with Crippen molar-refractivity contribution in [3.8, 4) is 11.5 Å². The molecule has 1 aromatic heterocycles. The third kappa shape index (κ3) is 4.86. The maximum atomic E-state index is 6.43. The quantitative estimate of drug-likeness (QED) is 0.737. The second kappa shape index (κ2) is 9.50. The summed E-state index contributed by atoms with van der Waals surface area (Å²) in [6.07, 6.45) is 3.46. The van der Waals surface area contributed by atoms with E-state index in [9.17, 15) is 0 Å². The molecule has 1 unspecified atom stereocenters. The molecule has 24 heavy (non-hydrogen) atoms. The molecule has 1 aromatic carbocycles. The van der Waals surface area contributed by atoms with Crippen molar-refractivity contribution in [2.45, 2.75) is 32.6 Å². The molecule has 2 rings (SSSR count). The molecule has 130 valence electrons. The van der Waals surface area contributed by atoms with Crippen LogP contribution in [0.2, 0.25) is 5.02 Å². The van der Waals surface area contributed by atoms with Crippen molar-refractivity contribution in [2.24, 2.45) is 5.73 Å². The van der Waals surface area contributed by atoms with Crippen molar-refractivity contribution in [2.75, 3.05) is 19.8 Å². The molecule has 4 nitrogen and oxygen atoms in total. The molecule has 0 bridgehead atoms. The Morgan fingerprint density at radius 2 is 2.04 bits per heavy atom. The molecule has 2 N–H and O–H groups in total. The van der Waals surface area contributed by atoms with Crippen LogP contribution in [0, 0.1) is 0 Å². The third-order valence-corrected chi connectivity index (χ3v) is 3.97. The topological polar surface area (TPSA) is 57.4 Å². The Hall–Kier alpha value is -1.78. The van der Waals surface area contributed by atoms with Gasteiger partial charge >= 0.3 is 0 Å². The standard InChI is InChI=1S/C19H25ClN2O2/c1-3-9-24-19-16(20)11-14(12-18(19)23-4-2)10-15(13-21)17-7-5-6-8-22-17/h5-8,11-12,15H,3-4,9-10,13,21H2,1-2H3. The predicted octanol–water partition coefficient (Wildman–Crippen LogP) is 4.21. The zero-order chi connectivity index (χ0) is 17.4. The van der Waals surface area contributed by atoms with Crippen LogP contribution in [0.5, 0.6) is 11.5 Å². The van der Waals surface area contributed by atoms with Crippen LogP contribution in [-0.4, -0.2) is 24.7 Å². The van der Waals surface area contributed by atoms with E-state index in [1.165, 1.54) is 0 Å². The van der Waals surface area contributed by atoms with Gasteiger partial charge in [0.25, 0.3) is 0 Å². The SMILES string of the molecule is CCCOc1c(Cl)cc(CC(CN)c2ccccn2)cc1OCC. The van der Waals surface area contributed by atoms with E-state index in [1.54, 1.807) is 6.20 Å². The van der Waals surface area contributed by atoms with Crippen molar-refractivity contribution in [3.05, 3.63) is 52.8 Å². The number of benzene rings is 1. The normalized spacial score (nSPS) is 12.0. The van der Waals surface area contributed by atoms with E-state index in [4.69, 9.17) is 26.8 Å². The van der Waals surface area contributed by atoms with Gasteiger partial charge in [0.1, 0.15) is 0 Å². The zero-order valence-corrected chi connectivity index (χ0v) is 15.1. The number of rotatable bonds is 9. The van der Waals surface area contributed by atoms with E-state index >= 15 is 0 Å². The van der Waals surface area contributed by atoms with Gasteiger partial charge in [0.2, 0.25) is 0 Å². The van der Waals surface area contributed by atoms with Crippen molar-refractivity contribution < 1.29 is 9.47 Å². The summed E-state index contributed by atoms with van der Waals surface area (Å²) in [6, 6.07) is 9.81. The Kier molecular flexibility index (Phi) is 7.35. The molecular weight excluding hydrogens is 324 g/mol. The first-order chi connectivity index (χ1) is 11.7. The van der Waals surface area contributed by atoms with Gasteiger partial charge in [-0.15, -0.1) is 0 Å². The predicted molar refractivity (Wildman–Crippen MR) is 98.1 cm³/mol. The lowest BCUT2D eigenvalue weighted by Crippen LogP contribution is -2.16. The van der Waals surface area contributed by atoms with Crippen LogP contribution >= 0.6 is 11.6 Å². The lowest BCUT2D eigenvalue weighted by Gasteiger charge is -2.18. The molecule has 0 amide bonds. The summed E-state index contributed by atoms with van der Waals surface area (Å²) in [5.41, 5.74) is 8.00. The Balaban J connectivity index is 2.26. The highest BCUT2D eigenvalue weighted by molar-refractivity contribution is 6.32. The fourth-order valence-corrected chi connectivity index (χ4v) is 2.84. The second-order valence-corrected chi connectivity index (χ2v) is 5.98. The average molecular weight is 349 g/mol. The summed E-state index contributed by atoms with van der Waals surface area (Å²) in [5.74, 6) is 1.44. The molecule has 5 heteroatoms. The number of pyridine rings is 1. The number of halogens is 1. The van der Waals surface area contributed by atoms with Gasteiger partial charge in [0.15, 0.2) is 11.5 Å². The van der Waals surface area contributed by atoms with Gasteiger partial charge in [0, 0.05) is 24.4 Å². The maximum Gasteiger partial charge on any atom is 0.179 e. The molecule has 0 spiro atoms. The van der Waals surface area contributed by atoms with Crippen molar-refractivity contribution >= 4 is 11.6 Å². The van der Waals surface area contributed by atoms with Crippen LogP contribution < -0.4 is 15.2 Å². The highest BCUT2D eigenvalue weighted by Gasteiger charge is 2.17. The third-order valence-electron chi connectivity index (χ3n) is 3.69. The number of ether oxygens (including phenoxy) is 2. The minimum Gasteiger partial charge on any atom is -0.490 e.